The monoisotopic (exact) mass is 254 g/mol. The van der Waals surface area contributed by atoms with Crippen LogP contribution in [0.5, 0.6) is 0 Å². The van der Waals surface area contributed by atoms with E-state index >= 15 is 0 Å². The van der Waals surface area contributed by atoms with Crippen LogP contribution in [0.4, 0.5) is 5.69 Å². The minimum absolute atomic E-state index is 0.0394. The molecule has 1 N–H and O–H groups in total. The van der Waals surface area contributed by atoms with Gasteiger partial charge in [-0.1, -0.05) is 42.5 Å². The summed E-state index contributed by atoms with van der Waals surface area (Å²) in [5.74, 6) is -1.46. The third-order valence-electron chi connectivity index (χ3n) is 2.59. The summed E-state index contributed by atoms with van der Waals surface area (Å²) >= 11 is 0. The van der Waals surface area contributed by atoms with Crippen LogP contribution in [0, 0.1) is 0 Å². The fraction of sp³-hybridized carbons (Fsp3) is 0.0667. The van der Waals surface area contributed by atoms with Crippen molar-refractivity contribution in [3.05, 3.63) is 65.7 Å². The Bertz CT molecular complexity index is 593. The van der Waals surface area contributed by atoms with Crippen LogP contribution < -0.4 is 10.4 Å². The number of amides is 1. The van der Waals surface area contributed by atoms with Gasteiger partial charge in [0.1, 0.15) is 0 Å². The van der Waals surface area contributed by atoms with Gasteiger partial charge in [-0.2, -0.15) is 0 Å². The van der Waals surface area contributed by atoms with Crippen LogP contribution in [0.1, 0.15) is 15.9 Å². The Kier molecular flexibility index (Phi) is 3.93. The van der Waals surface area contributed by atoms with E-state index in [4.69, 9.17) is 0 Å². The summed E-state index contributed by atoms with van der Waals surface area (Å²) in [7, 11) is 0. The highest BCUT2D eigenvalue weighted by molar-refractivity contribution is 5.94. The lowest BCUT2D eigenvalue weighted by Crippen LogP contribution is -2.22. The molecule has 0 saturated heterocycles. The number of anilines is 1. The lowest BCUT2D eigenvalue weighted by atomic mass is 10.1. The van der Waals surface area contributed by atoms with Gasteiger partial charge in [0, 0.05) is 5.69 Å². The predicted octanol–water partition coefficient (Wildman–Crippen LogP) is 1.23. The standard InChI is InChI=1S/C15H13NO3/c17-14(9-11-5-2-1-3-6-11)16-13-8-4-7-12(10-13)15(18)19/h1-8,10H,9H2,(H,16,17)(H,18,19)/p-1. The molecule has 2 rings (SSSR count). The number of aromatic carboxylic acids is 1. The zero-order chi connectivity index (χ0) is 13.7. The summed E-state index contributed by atoms with van der Waals surface area (Å²) in [6.45, 7) is 0. The first-order valence-electron chi connectivity index (χ1n) is 5.80. The molecule has 0 saturated carbocycles. The van der Waals surface area contributed by atoms with E-state index in [0.717, 1.165) is 5.56 Å². The molecule has 4 heteroatoms. The summed E-state index contributed by atoms with van der Waals surface area (Å²) in [4.78, 5) is 22.5. The molecule has 0 aliphatic carbocycles. The van der Waals surface area contributed by atoms with Gasteiger partial charge in [-0.25, -0.2) is 0 Å². The fourth-order valence-electron chi connectivity index (χ4n) is 1.71. The number of rotatable bonds is 4. The average Bonchev–Trinajstić information content (AvgIpc) is 2.40. The summed E-state index contributed by atoms with van der Waals surface area (Å²) in [6.07, 6.45) is 0.246. The molecule has 4 nitrogen and oxygen atoms in total. The van der Waals surface area contributed by atoms with Crippen molar-refractivity contribution < 1.29 is 14.7 Å². The summed E-state index contributed by atoms with van der Waals surface area (Å²) in [6, 6.07) is 15.3. The van der Waals surface area contributed by atoms with Crippen LogP contribution >= 0.6 is 0 Å². The van der Waals surface area contributed by atoms with Crippen molar-refractivity contribution in [3.63, 3.8) is 0 Å². The second kappa shape index (κ2) is 5.82. The van der Waals surface area contributed by atoms with E-state index < -0.39 is 5.97 Å². The maximum atomic E-state index is 11.8. The van der Waals surface area contributed by atoms with Gasteiger partial charge in [-0.3, -0.25) is 4.79 Å². The Labute approximate surface area is 110 Å². The van der Waals surface area contributed by atoms with E-state index in [1.165, 1.54) is 12.1 Å². The van der Waals surface area contributed by atoms with Crippen LogP contribution in [0.2, 0.25) is 0 Å². The van der Waals surface area contributed by atoms with Crippen LogP contribution in [0.25, 0.3) is 0 Å². The highest BCUT2D eigenvalue weighted by Gasteiger charge is 2.04. The largest absolute Gasteiger partial charge is 0.545 e. The molecular weight excluding hydrogens is 242 g/mol. The maximum absolute atomic E-state index is 11.8. The summed E-state index contributed by atoms with van der Waals surface area (Å²) in [5, 5.41) is 13.4. The first kappa shape index (κ1) is 12.8. The Morgan fingerprint density at radius 1 is 1.00 bits per heavy atom. The molecule has 0 aliphatic rings. The minimum atomic E-state index is -1.26. The third kappa shape index (κ3) is 3.67. The van der Waals surface area contributed by atoms with Crippen molar-refractivity contribution in [1.82, 2.24) is 0 Å². The van der Waals surface area contributed by atoms with E-state index in [1.807, 2.05) is 30.3 Å². The lowest BCUT2D eigenvalue weighted by Gasteiger charge is -2.08. The van der Waals surface area contributed by atoms with Gasteiger partial charge in [0.05, 0.1) is 12.4 Å². The van der Waals surface area contributed by atoms with Gasteiger partial charge >= 0.3 is 0 Å². The van der Waals surface area contributed by atoms with Crippen LogP contribution in [-0.2, 0) is 11.2 Å². The van der Waals surface area contributed by atoms with Crippen molar-refractivity contribution in [1.29, 1.82) is 0 Å². The molecule has 0 spiro atoms. The van der Waals surface area contributed by atoms with Gasteiger partial charge < -0.3 is 15.2 Å². The van der Waals surface area contributed by atoms with Gasteiger partial charge in [-0.15, -0.1) is 0 Å². The number of nitrogens with one attached hydrogen (secondary N) is 1. The number of carboxylic acid groups (broad SMARTS) is 1. The number of benzene rings is 2. The SMILES string of the molecule is O=C(Cc1ccccc1)Nc1cccc(C(=O)[O-])c1. The van der Waals surface area contributed by atoms with Gasteiger partial charge in [0.25, 0.3) is 0 Å². The molecule has 2 aromatic carbocycles. The van der Waals surface area contributed by atoms with Crippen molar-refractivity contribution in [2.24, 2.45) is 0 Å². The molecular formula is C15H12NO3-. The van der Waals surface area contributed by atoms with E-state index in [1.54, 1.807) is 12.1 Å². The second-order valence-electron chi connectivity index (χ2n) is 4.08. The van der Waals surface area contributed by atoms with Crippen LogP contribution in [0.15, 0.2) is 54.6 Å². The van der Waals surface area contributed by atoms with Gasteiger partial charge in [0.2, 0.25) is 5.91 Å². The first-order valence-corrected chi connectivity index (χ1v) is 5.80. The molecule has 0 unspecified atom stereocenters. The summed E-state index contributed by atoms with van der Waals surface area (Å²) < 4.78 is 0. The van der Waals surface area contributed by atoms with E-state index in [-0.39, 0.29) is 17.9 Å². The van der Waals surface area contributed by atoms with Gasteiger partial charge in [-0.05, 0) is 23.3 Å². The zero-order valence-electron chi connectivity index (χ0n) is 10.1. The topological polar surface area (TPSA) is 69.2 Å². The Morgan fingerprint density at radius 3 is 2.42 bits per heavy atom. The number of carboxylic acids is 1. The predicted molar refractivity (Wildman–Crippen MR) is 69.5 cm³/mol. The number of carbonyl (C=O) groups is 2. The summed E-state index contributed by atoms with van der Waals surface area (Å²) in [5.41, 5.74) is 1.39. The van der Waals surface area contributed by atoms with E-state index in [0.29, 0.717) is 5.69 Å². The second-order valence-corrected chi connectivity index (χ2v) is 4.08. The molecule has 0 bridgehead atoms. The molecule has 1 amide bonds. The smallest absolute Gasteiger partial charge is 0.228 e. The Hall–Kier alpha value is -2.62. The van der Waals surface area contributed by atoms with Crippen molar-refractivity contribution in [2.45, 2.75) is 6.42 Å². The average molecular weight is 254 g/mol. The third-order valence-corrected chi connectivity index (χ3v) is 2.59. The van der Waals surface area contributed by atoms with Crippen molar-refractivity contribution in [3.8, 4) is 0 Å². The Morgan fingerprint density at radius 2 is 1.74 bits per heavy atom. The van der Waals surface area contributed by atoms with Crippen molar-refractivity contribution >= 4 is 17.6 Å². The van der Waals surface area contributed by atoms with Gasteiger partial charge in [0.15, 0.2) is 0 Å². The van der Waals surface area contributed by atoms with Crippen molar-refractivity contribution in [2.75, 3.05) is 5.32 Å². The molecule has 96 valence electrons. The fourth-order valence-corrected chi connectivity index (χ4v) is 1.71. The number of carbonyl (C=O) groups excluding carboxylic acids is 2. The van der Waals surface area contributed by atoms with E-state index in [2.05, 4.69) is 5.32 Å². The van der Waals surface area contributed by atoms with Crippen LogP contribution in [0.3, 0.4) is 0 Å². The molecule has 0 atom stereocenters. The molecule has 0 aliphatic heterocycles. The zero-order valence-corrected chi connectivity index (χ0v) is 10.1. The first-order chi connectivity index (χ1) is 9.15. The lowest BCUT2D eigenvalue weighted by molar-refractivity contribution is -0.255. The number of hydrogen-bond donors (Lipinski definition) is 1. The highest BCUT2D eigenvalue weighted by Crippen LogP contribution is 2.11. The molecule has 0 radical (unpaired) electrons. The van der Waals surface area contributed by atoms with E-state index in [9.17, 15) is 14.7 Å². The molecule has 2 aromatic rings. The Balaban J connectivity index is 2.03. The quantitative estimate of drug-likeness (QED) is 0.892. The minimum Gasteiger partial charge on any atom is -0.545 e. The molecule has 0 heterocycles. The maximum Gasteiger partial charge on any atom is 0.228 e. The molecule has 0 aromatic heterocycles. The molecule has 19 heavy (non-hydrogen) atoms. The molecule has 0 fully saturated rings. The van der Waals surface area contributed by atoms with Crippen LogP contribution in [-0.4, -0.2) is 11.9 Å². The normalized spacial score (nSPS) is 9.89. The highest BCUT2D eigenvalue weighted by atomic mass is 16.4. The number of hydrogen-bond acceptors (Lipinski definition) is 3.